The smallest absolute Gasteiger partial charge is 0.252 e. The van der Waals surface area contributed by atoms with Gasteiger partial charge < -0.3 is 10.2 Å². The van der Waals surface area contributed by atoms with Gasteiger partial charge in [-0.15, -0.1) is 0 Å². The Morgan fingerprint density at radius 1 is 1.29 bits per heavy atom. The molecule has 4 nitrogen and oxygen atoms in total. The van der Waals surface area contributed by atoms with Gasteiger partial charge in [0.05, 0.1) is 6.04 Å². The molecule has 5 heteroatoms. The number of hydrogen-bond donors (Lipinski definition) is 1. The molecule has 126 valence electrons. The summed E-state index contributed by atoms with van der Waals surface area (Å²) in [6.07, 6.45) is 3.15. The normalized spacial score (nSPS) is 15.8. The zero-order chi connectivity index (χ0) is 16.9. The van der Waals surface area contributed by atoms with Crippen molar-refractivity contribution < 1.29 is 9.59 Å². The molecule has 1 aliphatic rings. The van der Waals surface area contributed by atoms with Crippen LogP contribution in [0.4, 0.5) is 0 Å². The third-order valence-corrected chi connectivity index (χ3v) is 5.28. The molecule has 1 aromatic heterocycles. The number of fused-ring (bicyclic) bond motifs is 1. The first-order valence-electron chi connectivity index (χ1n) is 8.30. The first-order valence-corrected chi connectivity index (χ1v) is 9.25. The zero-order valence-electron chi connectivity index (χ0n) is 13.8. The number of benzene rings is 1. The quantitative estimate of drug-likeness (QED) is 0.818. The summed E-state index contributed by atoms with van der Waals surface area (Å²) in [5, 5.41) is 6.57. The van der Waals surface area contributed by atoms with Gasteiger partial charge in [0.1, 0.15) is 0 Å². The highest BCUT2D eigenvalue weighted by Gasteiger charge is 2.27. The molecule has 0 saturated heterocycles. The Morgan fingerprint density at radius 2 is 2.12 bits per heavy atom. The van der Waals surface area contributed by atoms with Gasteiger partial charge in [-0.2, -0.15) is 11.3 Å². The van der Waals surface area contributed by atoms with Gasteiger partial charge in [-0.05, 0) is 41.8 Å². The Labute approximate surface area is 146 Å². The Balaban J connectivity index is 1.45. The van der Waals surface area contributed by atoms with Crippen molar-refractivity contribution in [3.63, 3.8) is 0 Å². The van der Waals surface area contributed by atoms with Gasteiger partial charge in [0.25, 0.3) is 5.91 Å². The number of amides is 2. The average Bonchev–Trinajstić information content (AvgIpc) is 3.27. The zero-order valence-corrected chi connectivity index (χ0v) is 14.6. The molecular weight excluding hydrogens is 320 g/mol. The minimum Gasteiger partial charge on any atom is -0.352 e. The molecule has 1 aliphatic carbocycles. The van der Waals surface area contributed by atoms with Crippen molar-refractivity contribution in [3.8, 4) is 0 Å². The van der Waals surface area contributed by atoms with E-state index in [1.807, 2.05) is 28.8 Å². The van der Waals surface area contributed by atoms with E-state index in [0.717, 1.165) is 12.8 Å². The fourth-order valence-corrected chi connectivity index (χ4v) is 3.86. The molecule has 0 radical (unpaired) electrons. The number of rotatable bonds is 6. The van der Waals surface area contributed by atoms with E-state index in [4.69, 9.17) is 0 Å². The summed E-state index contributed by atoms with van der Waals surface area (Å²) in [6.45, 7) is 0.523. The second-order valence-electron chi connectivity index (χ2n) is 6.13. The molecule has 0 fully saturated rings. The van der Waals surface area contributed by atoms with E-state index in [9.17, 15) is 9.59 Å². The van der Waals surface area contributed by atoms with Gasteiger partial charge in [-0.25, -0.2) is 0 Å². The highest BCUT2D eigenvalue weighted by molar-refractivity contribution is 7.08. The average molecular weight is 342 g/mol. The van der Waals surface area contributed by atoms with Crippen molar-refractivity contribution in [2.24, 2.45) is 0 Å². The number of carbonyl (C=O) groups is 2. The fourth-order valence-electron chi connectivity index (χ4n) is 3.22. The van der Waals surface area contributed by atoms with Gasteiger partial charge in [0.15, 0.2) is 0 Å². The summed E-state index contributed by atoms with van der Waals surface area (Å²) in [6, 6.07) is 10.4. The number of carbonyl (C=O) groups excluding carboxylic acids is 2. The Morgan fingerprint density at radius 3 is 2.92 bits per heavy atom. The molecule has 2 aromatic rings. The monoisotopic (exact) mass is 342 g/mol. The van der Waals surface area contributed by atoms with Crippen molar-refractivity contribution in [1.82, 2.24) is 10.2 Å². The molecule has 1 N–H and O–H groups in total. The molecular formula is C19H22N2O2S. The van der Waals surface area contributed by atoms with Crippen LogP contribution in [0.25, 0.3) is 0 Å². The fraction of sp³-hybridized carbons (Fsp3) is 0.368. The van der Waals surface area contributed by atoms with Gasteiger partial charge in [-0.3, -0.25) is 9.59 Å². The van der Waals surface area contributed by atoms with Crippen LogP contribution in [0.5, 0.6) is 0 Å². The molecule has 3 rings (SSSR count). The summed E-state index contributed by atoms with van der Waals surface area (Å²) >= 11 is 1.50. The molecule has 1 atom stereocenters. The Hall–Kier alpha value is -2.14. The lowest BCUT2D eigenvalue weighted by atomic mass is 10.1. The third kappa shape index (κ3) is 3.67. The van der Waals surface area contributed by atoms with E-state index in [1.165, 1.54) is 22.5 Å². The van der Waals surface area contributed by atoms with E-state index in [-0.39, 0.29) is 17.9 Å². The van der Waals surface area contributed by atoms with Crippen molar-refractivity contribution >= 4 is 23.2 Å². The van der Waals surface area contributed by atoms with Crippen molar-refractivity contribution in [1.29, 1.82) is 0 Å². The Bertz CT molecular complexity index is 712. The number of nitrogens with zero attached hydrogens (tertiary/aromatic N) is 1. The number of hydrogen-bond acceptors (Lipinski definition) is 3. The van der Waals surface area contributed by atoms with Crippen molar-refractivity contribution in [2.45, 2.75) is 31.7 Å². The van der Waals surface area contributed by atoms with E-state index >= 15 is 0 Å². The van der Waals surface area contributed by atoms with Crippen LogP contribution < -0.4 is 5.32 Å². The van der Waals surface area contributed by atoms with Crippen LogP contribution in [0.15, 0.2) is 41.1 Å². The highest BCUT2D eigenvalue weighted by atomic mass is 32.1. The SMILES string of the molecule is CN(C(=O)CCCNC(=O)c1ccsc1)C1CCc2ccccc21. The number of aryl methyl sites for hydroxylation is 1. The largest absolute Gasteiger partial charge is 0.352 e. The van der Waals surface area contributed by atoms with Crippen molar-refractivity contribution in [2.75, 3.05) is 13.6 Å². The van der Waals surface area contributed by atoms with Gasteiger partial charge in [0.2, 0.25) is 5.91 Å². The molecule has 1 heterocycles. The molecule has 0 spiro atoms. The van der Waals surface area contributed by atoms with Crippen LogP contribution in [-0.4, -0.2) is 30.3 Å². The minimum atomic E-state index is -0.0678. The van der Waals surface area contributed by atoms with Crippen molar-refractivity contribution in [3.05, 3.63) is 57.8 Å². The highest BCUT2D eigenvalue weighted by Crippen LogP contribution is 2.35. The van der Waals surface area contributed by atoms with Gasteiger partial charge in [-0.1, -0.05) is 24.3 Å². The first-order chi connectivity index (χ1) is 11.7. The summed E-state index contributed by atoms with van der Waals surface area (Å²) < 4.78 is 0. The standard InChI is InChI=1S/C19H22N2O2S/c1-21(17-9-8-14-5-2-3-6-16(14)17)18(22)7-4-11-20-19(23)15-10-12-24-13-15/h2-3,5-6,10,12-13,17H,4,7-9,11H2,1H3,(H,20,23). The maximum Gasteiger partial charge on any atom is 0.252 e. The van der Waals surface area contributed by atoms with Crippen LogP contribution in [0.1, 0.15) is 46.8 Å². The molecule has 0 aliphatic heterocycles. The molecule has 24 heavy (non-hydrogen) atoms. The summed E-state index contributed by atoms with van der Waals surface area (Å²) in [7, 11) is 1.89. The van der Waals surface area contributed by atoms with E-state index < -0.39 is 0 Å². The summed E-state index contributed by atoms with van der Waals surface area (Å²) in [5.41, 5.74) is 3.32. The predicted molar refractivity (Wildman–Crippen MR) is 96.2 cm³/mol. The van der Waals surface area contributed by atoms with Gasteiger partial charge >= 0.3 is 0 Å². The maximum absolute atomic E-state index is 12.4. The van der Waals surface area contributed by atoms with Crippen LogP contribution in [-0.2, 0) is 11.2 Å². The predicted octanol–water partition coefficient (Wildman–Crippen LogP) is 3.40. The summed E-state index contributed by atoms with van der Waals surface area (Å²) in [5.74, 6) is 0.0725. The second kappa shape index (κ2) is 7.62. The second-order valence-corrected chi connectivity index (χ2v) is 6.91. The maximum atomic E-state index is 12.4. The van der Waals surface area contributed by atoms with Crippen LogP contribution in [0.2, 0.25) is 0 Å². The van der Waals surface area contributed by atoms with Crippen LogP contribution >= 0.6 is 11.3 Å². The minimum absolute atomic E-state index is 0.0678. The van der Waals surface area contributed by atoms with Crippen LogP contribution in [0, 0.1) is 0 Å². The van der Waals surface area contributed by atoms with E-state index in [0.29, 0.717) is 24.9 Å². The van der Waals surface area contributed by atoms with Crippen LogP contribution in [0.3, 0.4) is 0 Å². The number of thiophene rings is 1. The van der Waals surface area contributed by atoms with Gasteiger partial charge in [0, 0.05) is 31.0 Å². The summed E-state index contributed by atoms with van der Waals surface area (Å²) in [4.78, 5) is 26.1. The first kappa shape index (κ1) is 16.7. The van der Waals surface area contributed by atoms with E-state index in [2.05, 4.69) is 23.5 Å². The molecule has 1 unspecified atom stereocenters. The lowest BCUT2D eigenvalue weighted by molar-refractivity contribution is -0.132. The third-order valence-electron chi connectivity index (χ3n) is 4.60. The molecule has 0 saturated carbocycles. The Kier molecular flexibility index (Phi) is 5.30. The lowest BCUT2D eigenvalue weighted by Gasteiger charge is -2.25. The molecule has 1 aromatic carbocycles. The van der Waals surface area contributed by atoms with E-state index in [1.54, 1.807) is 6.07 Å². The molecule has 2 amide bonds. The lowest BCUT2D eigenvalue weighted by Crippen LogP contribution is -2.31. The number of nitrogens with one attached hydrogen (secondary N) is 1. The topological polar surface area (TPSA) is 49.4 Å². The molecule has 0 bridgehead atoms.